The van der Waals surface area contributed by atoms with Crippen LogP contribution < -0.4 is 5.32 Å². The number of aryl methyl sites for hydroxylation is 2. The van der Waals surface area contributed by atoms with Crippen molar-refractivity contribution < 1.29 is 13.2 Å². The summed E-state index contributed by atoms with van der Waals surface area (Å²) >= 11 is 0. The normalized spacial score (nSPS) is 19.6. The van der Waals surface area contributed by atoms with Crippen molar-refractivity contribution in [1.82, 2.24) is 19.2 Å². The van der Waals surface area contributed by atoms with Crippen molar-refractivity contribution in [2.45, 2.75) is 97.5 Å². The summed E-state index contributed by atoms with van der Waals surface area (Å²) in [7, 11) is -3.54. The van der Waals surface area contributed by atoms with Gasteiger partial charge in [-0.2, -0.15) is 4.31 Å². The van der Waals surface area contributed by atoms with Crippen LogP contribution in [0.25, 0.3) is 11.0 Å². The van der Waals surface area contributed by atoms with E-state index in [1.807, 2.05) is 26.8 Å². The van der Waals surface area contributed by atoms with E-state index in [1.165, 1.54) is 23.6 Å². The number of benzene rings is 1. The minimum absolute atomic E-state index is 0.0701. The molecule has 0 aliphatic heterocycles. The van der Waals surface area contributed by atoms with Gasteiger partial charge in [-0.15, -0.1) is 0 Å². The number of carbonyl (C=O) groups is 1. The molecule has 0 spiro atoms. The van der Waals surface area contributed by atoms with Crippen LogP contribution in [0.5, 0.6) is 0 Å². The Bertz CT molecular complexity index is 1100. The van der Waals surface area contributed by atoms with E-state index in [2.05, 4.69) is 30.7 Å². The number of sulfonamides is 1. The van der Waals surface area contributed by atoms with Crippen LogP contribution in [0.3, 0.4) is 0 Å². The summed E-state index contributed by atoms with van der Waals surface area (Å²) in [6, 6.07) is 5.39. The lowest BCUT2D eigenvalue weighted by Gasteiger charge is -2.40. The molecule has 3 rings (SSSR count). The fourth-order valence-electron chi connectivity index (χ4n) is 5.42. The van der Waals surface area contributed by atoms with E-state index in [-0.39, 0.29) is 22.3 Å². The molecule has 1 N–H and O–H groups in total. The second-order valence-electron chi connectivity index (χ2n) is 10.4. The molecule has 190 valence electrons. The van der Waals surface area contributed by atoms with Crippen molar-refractivity contribution in [2.24, 2.45) is 11.3 Å². The highest BCUT2D eigenvalue weighted by Gasteiger charge is 2.34. The summed E-state index contributed by atoms with van der Waals surface area (Å²) in [5.74, 6) is 1.39. The van der Waals surface area contributed by atoms with Crippen LogP contribution in [0.4, 0.5) is 0 Å². The predicted molar refractivity (Wildman–Crippen MR) is 137 cm³/mol. The van der Waals surface area contributed by atoms with E-state index < -0.39 is 10.0 Å². The van der Waals surface area contributed by atoms with Gasteiger partial charge in [0.2, 0.25) is 15.9 Å². The molecule has 7 nitrogen and oxygen atoms in total. The summed E-state index contributed by atoms with van der Waals surface area (Å²) in [5.41, 5.74) is 1.74. The number of rotatable bonds is 9. The first-order valence-electron chi connectivity index (χ1n) is 12.8. The number of carbonyl (C=O) groups excluding carboxylic acids is 1. The number of nitrogens with zero attached hydrogens (tertiary/aromatic N) is 3. The van der Waals surface area contributed by atoms with Crippen LogP contribution in [0.15, 0.2) is 23.1 Å². The quantitative estimate of drug-likeness (QED) is 0.550. The first-order chi connectivity index (χ1) is 16.0. The molecule has 2 aromatic rings. The smallest absolute Gasteiger partial charge is 0.243 e. The number of aromatic nitrogens is 2. The monoisotopic (exact) mass is 490 g/mol. The van der Waals surface area contributed by atoms with E-state index in [9.17, 15) is 13.2 Å². The number of hydrogen-bond donors (Lipinski definition) is 1. The van der Waals surface area contributed by atoms with Crippen molar-refractivity contribution in [3.8, 4) is 0 Å². The van der Waals surface area contributed by atoms with E-state index in [4.69, 9.17) is 4.98 Å². The summed E-state index contributed by atoms with van der Waals surface area (Å²) < 4.78 is 29.4. The highest BCUT2D eigenvalue weighted by Crippen LogP contribution is 2.38. The highest BCUT2D eigenvalue weighted by atomic mass is 32.2. The molecule has 34 heavy (non-hydrogen) atoms. The molecule has 1 fully saturated rings. The molecule has 0 bridgehead atoms. The largest absolute Gasteiger partial charge is 0.353 e. The number of hydrogen-bond acceptors (Lipinski definition) is 4. The number of imidazole rings is 1. The van der Waals surface area contributed by atoms with E-state index in [0.717, 1.165) is 17.8 Å². The third-order valence-corrected chi connectivity index (χ3v) is 9.30. The van der Waals surface area contributed by atoms with Crippen molar-refractivity contribution in [2.75, 3.05) is 13.1 Å². The number of fused-ring (bicyclic) bond motifs is 1. The Kier molecular flexibility index (Phi) is 8.45. The van der Waals surface area contributed by atoms with Gasteiger partial charge in [-0.05, 0) is 49.3 Å². The van der Waals surface area contributed by atoms with Crippen molar-refractivity contribution in [1.29, 1.82) is 0 Å². The maximum atomic E-state index is 12.9. The Balaban J connectivity index is 1.76. The fourth-order valence-corrected chi connectivity index (χ4v) is 6.90. The Hall–Kier alpha value is -1.93. The lowest BCUT2D eigenvalue weighted by Crippen LogP contribution is -2.46. The van der Waals surface area contributed by atoms with Gasteiger partial charge in [0.25, 0.3) is 0 Å². The van der Waals surface area contributed by atoms with Crippen molar-refractivity contribution in [3.05, 3.63) is 24.0 Å². The number of amides is 1. The fraction of sp³-hybridized carbons (Fsp3) is 0.692. The molecule has 1 aliphatic carbocycles. The van der Waals surface area contributed by atoms with Crippen LogP contribution >= 0.6 is 0 Å². The van der Waals surface area contributed by atoms with Gasteiger partial charge in [0.05, 0.1) is 15.9 Å². The van der Waals surface area contributed by atoms with Crippen LogP contribution in [0.1, 0.15) is 79.5 Å². The van der Waals surface area contributed by atoms with Crippen molar-refractivity contribution in [3.63, 3.8) is 0 Å². The predicted octanol–water partition coefficient (Wildman–Crippen LogP) is 4.74. The van der Waals surface area contributed by atoms with E-state index >= 15 is 0 Å². The van der Waals surface area contributed by atoms with Gasteiger partial charge < -0.3 is 9.88 Å². The van der Waals surface area contributed by atoms with Crippen LogP contribution in [-0.4, -0.2) is 47.3 Å². The molecule has 1 saturated carbocycles. The SMILES string of the molecule is CCN(CC)S(=O)(=O)c1ccc2c(c1)nc(CCC(=O)NC1CCCCC1C(C)(C)C)n2CC. The zero-order chi connectivity index (χ0) is 25.1. The summed E-state index contributed by atoms with van der Waals surface area (Å²) in [4.78, 5) is 17.9. The lowest BCUT2D eigenvalue weighted by atomic mass is 9.69. The standard InChI is InChI=1S/C26H42N4O3S/c1-7-29(8-2)34(32,33)19-14-15-23-22(18-19)27-24(30(23)9-3)16-17-25(31)28-21-13-11-10-12-20(21)26(4,5)6/h14-15,18,20-21H,7-13,16-17H2,1-6H3,(H,28,31). The molecular weight excluding hydrogens is 448 g/mol. The van der Waals surface area contributed by atoms with Crippen LogP contribution in [0, 0.1) is 11.3 Å². The average Bonchev–Trinajstić information content (AvgIpc) is 3.14. The lowest BCUT2D eigenvalue weighted by molar-refractivity contribution is -0.122. The zero-order valence-corrected chi connectivity index (χ0v) is 22.5. The Morgan fingerprint density at radius 3 is 2.44 bits per heavy atom. The van der Waals surface area contributed by atoms with Gasteiger partial charge in [0, 0.05) is 38.5 Å². The first kappa shape index (κ1) is 26.7. The first-order valence-corrected chi connectivity index (χ1v) is 14.3. The minimum atomic E-state index is -3.54. The Morgan fingerprint density at radius 1 is 1.15 bits per heavy atom. The van der Waals surface area contributed by atoms with Gasteiger partial charge in [-0.3, -0.25) is 4.79 Å². The number of nitrogens with one attached hydrogen (secondary N) is 1. The molecule has 1 aliphatic rings. The topological polar surface area (TPSA) is 84.3 Å². The maximum absolute atomic E-state index is 12.9. The third-order valence-electron chi connectivity index (χ3n) is 7.26. The minimum Gasteiger partial charge on any atom is -0.353 e. The highest BCUT2D eigenvalue weighted by molar-refractivity contribution is 7.89. The molecule has 1 aromatic carbocycles. The maximum Gasteiger partial charge on any atom is 0.243 e. The third kappa shape index (κ3) is 5.65. The zero-order valence-electron chi connectivity index (χ0n) is 21.7. The van der Waals surface area contributed by atoms with E-state index in [1.54, 1.807) is 12.1 Å². The molecular formula is C26H42N4O3S. The molecule has 8 heteroatoms. The molecule has 1 amide bonds. The van der Waals surface area contributed by atoms with Gasteiger partial charge >= 0.3 is 0 Å². The van der Waals surface area contributed by atoms with Crippen molar-refractivity contribution >= 4 is 27.0 Å². The van der Waals surface area contributed by atoms with Gasteiger partial charge in [0.15, 0.2) is 0 Å². The second kappa shape index (κ2) is 10.8. The van der Waals surface area contributed by atoms with Gasteiger partial charge in [-0.1, -0.05) is 47.5 Å². The molecule has 1 aromatic heterocycles. The van der Waals surface area contributed by atoms with Gasteiger partial charge in [0.1, 0.15) is 5.82 Å². The van der Waals surface area contributed by atoms with Gasteiger partial charge in [-0.25, -0.2) is 13.4 Å². The molecule has 0 radical (unpaired) electrons. The van der Waals surface area contributed by atoms with E-state index in [0.29, 0.717) is 43.9 Å². The molecule has 0 saturated heterocycles. The van der Waals surface area contributed by atoms with Crippen LogP contribution in [-0.2, 0) is 27.8 Å². The average molecular weight is 491 g/mol. The second-order valence-corrected chi connectivity index (χ2v) is 12.4. The molecule has 2 atom stereocenters. The summed E-state index contributed by atoms with van der Waals surface area (Å²) in [5, 5.41) is 3.31. The Morgan fingerprint density at radius 2 is 1.82 bits per heavy atom. The van der Waals surface area contributed by atoms with Crippen LogP contribution in [0.2, 0.25) is 0 Å². The molecule has 1 heterocycles. The molecule has 2 unspecified atom stereocenters. The Labute approximate surface area is 205 Å². The summed E-state index contributed by atoms with van der Waals surface area (Å²) in [6.07, 6.45) is 5.52. The summed E-state index contributed by atoms with van der Waals surface area (Å²) in [6.45, 7) is 14.1.